The molecule has 0 saturated heterocycles. The molecule has 0 saturated carbocycles. The average molecular weight is 222 g/mol. The van der Waals surface area contributed by atoms with Crippen LogP contribution in [0.5, 0.6) is 0 Å². The second-order valence-corrected chi connectivity index (χ2v) is 3.47. The third kappa shape index (κ3) is 5.31. The lowest BCUT2D eigenvalue weighted by Crippen LogP contribution is -2.29. The molecule has 0 aliphatic heterocycles. The highest BCUT2D eigenvalue weighted by molar-refractivity contribution is 5.88. The topological polar surface area (TPSA) is 80.0 Å². The molecular formula is C11H18N4O. The van der Waals surface area contributed by atoms with E-state index in [4.69, 9.17) is 5.73 Å². The number of nitrogens with two attached hydrogens (primary N) is 1. The van der Waals surface area contributed by atoms with E-state index >= 15 is 0 Å². The number of carbonyl (C=O) groups excluding carboxylic acids is 1. The molecule has 4 N–H and O–H groups in total. The molecule has 0 fully saturated rings. The zero-order chi connectivity index (χ0) is 11.6. The van der Waals surface area contributed by atoms with Gasteiger partial charge in [0.05, 0.1) is 0 Å². The van der Waals surface area contributed by atoms with Crippen molar-refractivity contribution in [1.29, 1.82) is 0 Å². The number of amides is 2. The molecule has 2 amide bonds. The SMILES string of the molecule is NCCCCCNC(=O)Nc1ccncc1. The van der Waals surface area contributed by atoms with Crippen molar-refractivity contribution < 1.29 is 4.79 Å². The maximum Gasteiger partial charge on any atom is 0.319 e. The summed E-state index contributed by atoms with van der Waals surface area (Å²) in [5, 5.41) is 5.50. The van der Waals surface area contributed by atoms with Gasteiger partial charge in [0, 0.05) is 24.6 Å². The summed E-state index contributed by atoms with van der Waals surface area (Å²) in [4.78, 5) is 15.2. The van der Waals surface area contributed by atoms with Crippen molar-refractivity contribution in [3.63, 3.8) is 0 Å². The first-order chi connectivity index (χ1) is 7.83. The summed E-state index contributed by atoms with van der Waals surface area (Å²) in [6, 6.07) is 3.31. The van der Waals surface area contributed by atoms with Crippen molar-refractivity contribution in [2.24, 2.45) is 5.73 Å². The van der Waals surface area contributed by atoms with E-state index in [-0.39, 0.29) is 6.03 Å². The highest BCUT2D eigenvalue weighted by Gasteiger charge is 1.99. The minimum Gasteiger partial charge on any atom is -0.338 e. The molecule has 0 atom stereocenters. The van der Waals surface area contributed by atoms with E-state index in [2.05, 4.69) is 15.6 Å². The third-order valence-corrected chi connectivity index (χ3v) is 2.10. The molecule has 1 rings (SSSR count). The van der Waals surface area contributed by atoms with Crippen molar-refractivity contribution in [2.45, 2.75) is 19.3 Å². The Kier molecular flexibility index (Phi) is 5.95. The van der Waals surface area contributed by atoms with Crippen LogP contribution in [0.25, 0.3) is 0 Å². The van der Waals surface area contributed by atoms with Gasteiger partial charge in [0.15, 0.2) is 0 Å². The summed E-state index contributed by atoms with van der Waals surface area (Å²) in [5.74, 6) is 0. The number of aromatic nitrogens is 1. The van der Waals surface area contributed by atoms with E-state index in [1.165, 1.54) is 0 Å². The molecule has 0 aliphatic carbocycles. The molecule has 1 aromatic rings. The standard InChI is InChI=1S/C11H18N4O/c12-6-2-1-3-7-14-11(16)15-10-4-8-13-9-5-10/h4-5,8-9H,1-3,6-7,12H2,(H2,13,14,15,16). The first-order valence-electron chi connectivity index (χ1n) is 5.48. The van der Waals surface area contributed by atoms with Gasteiger partial charge >= 0.3 is 6.03 Å². The molecule has 1 heterocycles. The van der Waals surface area contributed by atoms with E-state index in [0.29, 0.717) is 13.1 Å². The van der Waals surface area contributed by atoms with Gasteiger partial charge in [-0.1, -0.05) is 6.42 Å². The molecule has 0 bridgehead atoms. The maximum absolute atomic E-state index is 11.4. The van der Waals surface area contributed by atoms with Gasteiger partial charge in [0.1, 0.15) is 0 Å². The fraction of sp³-hybridized carbons (Fsp3) is 0.455. The van der Waals surface area contributed by atoms with Crippen molar-refractivity contribution in [1.82, 2.24) is 10.3 Å². The summed E-state index contributed by atoms with van der Waals surface area (Å²) in [6.07, 6.45) is 6.29. The summed E-state index contributed by atoms with van der Waals surface area (Å²) < 4.78 is 0. The average Bonchev–Trinajstić information content (AvgIpc) is 2.30. The Morgan fingerprint density at radius 2 is 2.00 bits per heavy atom. The van der Waals surface area contributed by atoms with Gasteiger partial charge in [-0.05, 0) is 31.5 Å². The van der Waals surface area contributed by atoms with Crippen LogP contribution in [0.15, 0.2) is 24.5 Å². The van der Waals surface area contributed by atoms with Crippen LogP contribution in [0.2, 0.25) is 0 Å². The van der Waals surface area contributed by atoms with Crippen LogP contribution in [-0.2, 0) is 0 Å². The number of carbonyl (C=O) groups is 1. The van der Waals surface area contributed by atoms with E-state index in [0.717, 1.165) is 24.9 Å². The number of pyridine rings is 1. The lowest BCUT2D eigenvalue weighted by molar-refractivity contribution is 0.252. The van der Waals surface area contributed by atoms with Gasteiger partial charge in [-0.25, -0.2) is 4.79 Å². The molecule has 16 heavy (non-hydrogen) atoms. The number of nitrogens with one attached hydrogen (secondary N) is 2. The van der Waals surface area contributed by atoms with Gasteiger partial charge in [-0.15, -0.1) is 0 Å². The number of unbranched alkanes of at least 4 members (excludes halogenated alkanes) is 2. The van der Waals surface area contributed by atoms with Crippen LogP contribution >= 0.6 is 0 Å². The van der Waals surface area contributed by atoms with E-state index in [1.54, 1.807) is 24.5 Å². The number of hydrogen-bond acceptors (Lipinski definition) is 3. The molecule has 0 spiro atoms. The maximum atomic E-state index is 11.4. The highest BCUT2D eigenvalue weighted by atomic mass is 16.2. The van der Waals surface area contributed by atoms with Gasteiger partial charge in [-0.3, -0.25) is 4.98 Å². The van der Waals surface area contributed by atoms with E-state index < -0.39 is 0 Å². The first-order valence-corrected chi connectivity index (χ1v) is 5.48. The van der Waals surface area contributed by atoms with Crippen molar-refractivity contribution in [3.05, 3.63) is 24.5 Å². The first kappa shape index (κ1) is 12.4. The van der Waals surface area contributed by atoms with E-state index in [9.17, 15) is 4.79 Å². The second-order valence-electron chi connectivity index (χ2n) is 3.47. The molecular weight excluding hydrogens is 204 g/mol. The van der Waals surface area contributed by atoms with Crippen LogP contribution < -0.4 is 16.4 Å². The highest BCUT2D eigenvalue weighted by Crippen LogP contribution is 2.02. The summed E-state index contributed by atoms with van der Waals surface area (Å²) in [5.41, 5.74) is 6.11. The summed E-state index contributed by atoms with van der Waals surface area (Å²) >= 11 is 0. The monoisotopic (exact) mass is 222 g/mol. The van der Waals surface area contributed by atoms with Crippen LogP contribution in [0.4, 0.5) is 10.5 Å². The van der Waals surface area contributed by atoms with Crippen LogP contribution in [0.3, 0.4) is 0 Å². The zero-order valence-electron chi connectivity index (χ0n) is 9.28. The Morgan fingerprint density at radius 3 is 2.69 bits per heavy atom. The summed E-state index contributed by atoms with van der Waals surface area (Å²) in [6.45, 7) is 1.39. The minimum absolute atomic E-state index is 0.182. The smallest absolute Gasteiger partial charge is 0.319 e. The Bertz CT molecular complexity index is 302. The van der Waals surface area contributed by atoms with Crippen molar-refractivity contribution >= 4 is 11.7 Å². The van der Waals surface area contributed by atoms with Crippen molar-refractivity contribution in [3.8, 4) is 0 Å². The predicted octanol–water partition coefficient (Wildman–Crippen LogP) is 1.33. The van der Waals surface area contributed by atoms with Crippen LogP contribution in [-0.4, -0.2) is 24.1 Å². The molecule has 0 unspecified atom stereocenters. The number of rotatable bonds is 6. The van der Waals surface area contributed by atoms with Gasteiger partial charge in [-0.2, -0.15) is 0 Å². The molecule has 1 aromatic heterocycles. The predicted molar refractivity (Wildman–Crippen MR) is 64.2 cm³/mol. The molecule has 5 nitrogen and oxygen atoms in total. The van der Waals surface area contributed by atoms with Crippen LogP contribution in [0, 0.1) is 0 Å². The Balaban J connectivity index is 2.12. The number of nitrogens with zero attached hydrogens (tertiary/aromatic N) is 1. The van der Waals surface area contributed by atoms with Gasteiger partial charge in [0.2, 0.25) is 0 Å². The van der Waals surface area contributed by atoms with Gasteiger partial charge < -0.3 is 16.4 Å². The number of hydrogen-bond donors (Lipinski definition) is 3. The van der Waals surface area contributed by atoms with Crippen LogP contribution in [0.1, 0.15) is 19.3 Å². The van der Waals surface area contributed by atoms with E-state index in [1.807, 2.05) is 0 Å². The molecule has 5 heteroatoms. The third-order valence-electron chi connectivity index (χ3n) is 2.10. The molecule has 0 aliphatic rings. The normalized spacial score (nSPS) is 9.81. The fourth-order valence-corrected chi connectivity index (χ4v) is 1.26. The number of anilines is 1. The minimum atomic E-state index is -0.182. The lowest BCUT2D eigenvalue weighted by atomic mass is 10.2. The molecule has 88 valence electrons. The molecule has 0 radical (unpaired) electrons. The summed E-state index contributed by atoms with van der Waals surface area (Å²) in [7, 11) is 0. The van der Waals surface area contributed by atoms with Gasteiger partial charge in [0.25, 0.3) is 0 Å². The number of urea groups is 1. The quantitative estimate of drug-likeness (QED) is 0.635. The Labute approximate surface area is 95.4 Å². The second kappa shape index (κ2) is 7.64. The fourth-order valence-electron chi connectivity index (χ4n) is 1.26. The molecule has 0 aromatic carbocycles. The zero-order valence-corrected chi connectivity index (χ0v) is 9.28. The largest absolute Gasteiger partial charge is 0.338 e. The Hall–Kier alpha value is -1.62. The Morgan fingerprint density at radius 1 is 1.25 bits per heavy atom. The van der Waals surface area contributed by atoms with Crippen molar-refractivity contribution in [2.75, 3.05) is 18.4 Å². The lowest BCUT2D eigenvalue weighted by Gasteiger charge is -2.06.